The van der Waals surface area contributed by atoms with E-state index >= 15 is 0 Å². The summed E-state index contributed by atoms with van der Waals surface area (Å²) in [6, 6.07) is 71.4. The van der Waals surface area contributed by atoms with E-state index in [-0.39, 0.29) is 13.4 Å². The highest BCUT2D eigenvalue weighted by Gasteiger charge is 2.45. The van der Waals surface area contributed by atoms with Gasteiger partial charge in [0.05, 0.1) is 11.4 Å². The minimum atomic E-state index is -0.140. The second-order valence-electron chi connectivity index (χ2n) is 16.0. The van der Waals surface area contributed by atoms with Gasteiger partial charge >= 0.3 is 0 Å². The molecule has 0 amide bonds. The van der Waals surface area contributed by atoms with Crippen LogP contribution in [0.15, 0.2) is 206 Å². The Kier molecular flexibility index (Phi) is 7.69. The zero-order chi connectivity index (χ0) is 40.7. The highest BCUT2D eigenvalue weighted by Crippen LogP contribution is 2.46. The number of rotatable bonds is 6. The molecule has 6 nitrogen and oxygen atoms in total. The van der Waals surface area contributed by atoms with Gasteiger partial charge in [0.15, 0.2) is 0 Å². The molecule has 4 heterocycles. The summed E-state index contributed by atoms with van der Waals surface area (Å²) in [5.74, 6) is 6.22. The first-order valence-corrected chi connectivity index (χ1v) is 21.0. The largest absolute Gasteiger partial charge is 0.458 e. The molecule has 0 spiro atoms. The van der Waals surface area contributed by atoms with Crippen LogP contribution in [0.1, 0.15) is 0 Å². The van der Waals surface area contributed by atoms with E-state index in [0.717, 1.165) is 113 Å². The van der Waals surface area contributed by atoms with E-state index in [9.17, 15) is 0 Å². The van der Waals surface area contributed by atoms with E-state index < -0.39 is 0 Å². The number of anilines is 6. The molecule has 290 valence electrons. The fraction of sp³-hybridized carbons (Fsp3) is 0. The van der Waals surface area contributed by atoms with Crippen molar-refractivity contribution >= 4 is 80.3 Å². The molecule has 0 aromatic heterocycles. The van der Waals surface area contributed by atoms with Crippen LogP contribution in [0, 0.1) is 0 Å². The van der Waals surface area contributed by atoms with Gasteiger partial charge in [0.25, 0.3) is 13.4 Å². The second kappa shape index (κ2) is 13.7. The Morgan fingerprint density at radius 2 is 0.548 bits per heavy atom. The summed E-state index contributed by atoms with van der Waals surface area (Å²) in [5.41, 5.74) is 12.3. The standard InChI is InChI=1S/C54H34B2N2O4/c1-5-17-35(18-6-1)57(36-19-7-2-8-20-36)39-29-49-53-51(31-39)61-47-34-48-44(33-43(47)55(53)41-25-13-15-27-45(41)59-49)56-42-26-14-16-28-46(42)60-50-30-40(32-52(62-48)54(50)56)58(37-21-9-3-10-22-37)38-23-11-4-12-24-38/h1-34H. The van der Waals surface area contributed by atoms with Gasteiger partial charge in [-0.3, -0.25) is 0 Å². The molecule has 0 N–H and O–H groups in total. The van der Waals surface area contributed by atoms with Crippen LogP contribution in [0.5, 0.6) is 46.0 Å². The van der Waals surface area contributed by atoms with Crippen LogP contribution in [0.25, 0.3) is 0 Å². The molecule has 9 aromatic rings. The molecule has 8 heteroatoms. The highest BCUT2D eigenvalue weighted by molar-refractivity contribution is 7.01. The summed E-state index contributed by atoms with van der Waals surface area (Å²) in [6.07, 6.45) is 0. The van der Waals surface area contributed by atoms with Crippen molar-refractivity contribution < 1.29 is 18.9 Å². The fourth-order valence-electron chi connectivity index (χ4n) is 9.82. The number of hydrogen-bond acceptors (Lipinski definition) is 6. The number of benzene rings is 9. The maximum Gasteiger partial charge on any atom is 0.260 e. The van der Waals surface area contributed by atoms with Gasteiger partial charge in [-0.15, -0.1) is 0 Å². The van der Waals surface area contributed by atoms with Crippen LogP contribution in [0.4, 0.5) is 34.1 Å². The lowest BCUT2D eigenvalue weighted by Gasteiger charge is -2.37. The molecule has 0 bridgehead atoms. The first-order valence-electron chi connectivity index (χ1n) is 21.0. The number of hydrogen-bond donors (Lipinski definition) is 0. The lowest BCUT2D eigenvalue weighted by molar-refractivity contribution is 0.452. The van der Waals surface area contributed by atoms with Crippen molar-refractivity contribution in [1.82, 2.24) is 0 Å². The molecule has 0 atom stereocenters. The van der Waals surface area contributed by atoms with Gasteiger partial charge in [0.1, 0.15) is 46.0 Å². The molecule has 0 aliphatic carbocycles. The van der Waals surface area contributed by atoms with Gasteiger partial charge in [-0.1, -0.05) is 115 Å². The Labute approximate surface area is 359 Å². The molecule has 0 saturated carbocycles. The third-order valence-electron chi connectivity index (χ3n) is 12.4. The maximum atomic E-state index is 7.09. The molecular formula is C54H34B2N2O4. The minimum absolute atomic E-state index is 0.140. The zero-order valence-corrected chi connectivity index (χ0v) is 33.3. The molecule has 4 aliphatic heterocycles. The Hall–Kier alpha value is -8.09. The van der Waals surface area contributed by atoms with Crippen molar-refractivity contribution in [1.29, 1.82) is 0 Å². The minimum Gasteiger partial charge on any atom is -0.458 e. The lowest BCUT2D eigenvalue weighted by Crippen LogP contribution is -2.61. The molecular weight excluding hydrogens is 762 g/mol. The summed E-state index contributed by atoms with van der Waals surface area (Å²) in [7, 11) is 0. The zero-order valence-electron chi connectivity index (χ0n) is 33.3. The molecule has 13 rings (SSSR count). The van der Waals surface area contributed by atoms with E-state index in [1.807, 2.05) is 36.4 Å². The summed E-state index contributed by atoms with van der Waals surface area (Å²) < 4.78 is 27.8. The highest BCUT2D eigenvalue weighted by atomic mass is 16.5. The normalized spacial score (nSPS) is 13.0. The van der Waals surface area contributed by atoms with Gasteiger partial charge in [0, 0.05) is 64.0 Å². The van der Waals surface area contributed by atoms with Crippen molar-refractivity contribution in [2.24, 2.45) is 0 Å². The van der Waals surface area contributed by atoms with E-state index in [0.29, 0.717) is 0 Å². The topological polar surface area (TPSA) is 43.4 Å². The molecule has 0 fully saturated rings. The molecule has 0 unspecified atom stereocenters. The average molecular weight is 797 g/mol. The van der Waals surface area contributed by atoms with Crippen LogP contribution in [0.3, 0.4) is 0 Å². The number of nitrogens with zero attached hydrogens (tertiary/aromatic N) is 2. The molecule has 9 aromatic carbocycles. The summed E-state index contributed by atoms with van der Waals surface area (Å²) in [4.78, 5) is 4.49. The quantitative estimate of drug-likeness (QED) is 0.156. The maximum absolute atomic E-state index is 7.09. The van der Waals surface area contributed by atoms with Gasteiger partial charge in [-0.25, -0.2) is 0 Å². The summed E-state index contributed by atoms with van der Waals surface area (Å²) >= 11 is 0. The number of ether oxygens (including phenoxy) is 4. The summed E-state index contributed by atoms with van der Waals surface area (Å²) in [5, 5.41) is 0. The fourth-order valence-corrected chi connectivity index (χ4v) is 9.82. The van der Waals surface area contributed by atoms with Crippen LogP contribution in [-0.2, 0) is 0 Å². The van der Waals surface area contributed by atoms with Crippen molar-refractivity contribution in [3.8, 4) is 46.0 Å². The van der Waals surface area contributed by atoms with Gasteiger partial charge in [-0.2, -0.15) is 0 Å². The van der Waals surface area contributed by atoms with Crippen LogP contribution < -0.4 is 61.5 Å². The SMILES string of the molecule is c1ccc(N(c2ccccc2)c2cc3c4c(c2)Oc2cc5c(cc2B4c2ccccc2O3)B2c3ccccc3Oc3cc(N(c4ccccc4)c4ccccc4)cc(c32)O5)cc1. The van der Waals surface area contributed by atoms with Gasteiger partial charge < -0.3 is 28.7 Å². The smallest absolute Gasteiger partial charge is 0.260 e. The third-order valence-corrected chi connectivity index (χ3v) is 12.4. The first-order chi connectivity index (χ1) is 30.7. The van der Waals surface area contributed by atoms with Crippen LogP contribution in [-0.4, -0.2) is 13.4 Å². The van der Waals surface area contributed by atoms with E-state index in [1.165, 1.54) is 0 Å². The van der Waals surface area contributed by atoms with Gasteiger partial charge in [0.2, 0.25) is 0 Å². The Morgan fingerprint density at radius 1 is 0.242 bits per heavy atom. The Bertz CT molecular complexity index is 2930. The lowest BCUT2D eigenvalue weighted by atomic mass is 9.31. The van der Waals surface area contributed by atoms with Crippen LogP contribution >= 0.6 is 0 Å². The monoisotopic (exact) mass is 796 g/mol. The molecule has 0 radical (unpaired) electrons. The van der Waals surface area contributed by atoms with Crippen LogP contribution in [0.2, 0.25) is 0 Å². The predicted octanol–water partition coefficient (Wildman–Crippen LogP) is 10.1. The molecule has 4 aliphatic rings. The average Bonchev–Trinajstić information content (AvgIpc) is 3.32. The van der Waals surface area contributed by atoms with E-state index in [1.54, 1.807) is 0 Å². The first kappa shape index (κ1) is 34.7. The Morgan fingerprint density at radius 3 is 0.903 bits per heavy atom. The van der Waals surface area contributed by atoms with Crippen molar-refractivity contribution in [2.45, 2.75) is 0 Å². The van der Waals surface area contributed by atoms with Gasteiger partial charge in [-0.05, 0) is 82.5 Å². The number of fused-ring (bicyclic) bond motifs is 8. The van der Waals surface area contributed by atoms with E-state index in [4.69, 9.17) is 18.9 Å². The predicted molar refractivity (Wildman–Crippen MR) is 251 cm³/mol. The van der Waals surface area contributed by atoms with E-state index in [2.05, 4.69) is 180 Å². The molecule has 62 heavy (non-hydrogen) atoms. The third kappa shape index (κ3) is 5.40. The Balaban J connectivity index is 0.997. The van der Waals surface area contributed by atoms with Crippen molar-refractivity contribution in [3.05, 3.63) is 206 Å². The second-order valence-corrected chi connectivity index (χ2v) is 16.0. The summed E-state index contributed by atoms with van der Waals surface area (Å²) in [6.45, 7) is -0.280. The number of para-hydroxylation sites is 6. The molecule has 0 saturated heterocycles. The van der Waals surface area contributed by atoms with Crippen molar-refractivity contribution in [3.63, 3.8) is 0 Å². The van der Waals surface area contributed by atoms with Crippen molar-refractivity contribution in [2.75, 3.05) is 9.80 Å².